The Kier molecular flexibility index (Phi) is 7.86. The van der Waals surface area contributed by atoms with Crippen LogP contribution in [0.2, 0.25) is 5.02 Å². The van der Waals surface area contributed by atoms with Crippen LogP contribution in [0.25, 0.3) is 10.9 Å². The van der Waals surface area contributed by atoms with Gasteiger partial charge < -0.3 is 15.5 Å². The zero-order chi connectivity index (χ0) is 29.8. The van der Waals surface area contributed by atoms with E-state index in [0.29, 0.717) is 45.4 Å². The number of nitrogens with one attached hydrogen (secondary N) is 2. The lowest BCUT2D eigenvalue weighted by Crippen LogP contribution is -2.59. The second-order valence-electron chi connectivity index (χ2n) is 13.8. The molecule has 4 aliphatic rings. The molecule has 42 heavy (non-hydrogen) atoms. The van der Waals surface area contributed by atoms with Gasteiger partial charge in [0.25, 0.3) is 5.56 Å². The van der Waals surface area contributed by atoms with Gasteiger partial charge in [0.05, 0.1) is 23.3 Å². The molecule has 8 heteroatoms. The molecule has 4 fully saturated rings. The van der Waals surface area contributed by atoms with Crippen molar-refractivity contribution in [1.82, 2.24) is 19.8 Å². The fourth-order valence-corrected chi connectivity index (χ4v) is 7.98. The Bertz CT molecular complexity index is 1520. The van der Waals surface area contributed by atoms with Crippen LogP contribution in [-0.2, 0) is 6.42 Å². The fraction of sp³-hybridized carbons (Fsp3) is 0.559. The van der Waals surface area contributed by atoms with Crippen LogP contribution in [-0.4, -0.2) is 51.6 Å². The van der Waals surface area contributed by atoms with Crippen molar-refractivity contribution in [2.24, 2.45) is 28.2 Å². The molecule has 2 aromatic carbocycles. The SMILES string of the molecule is C[C@@H]1CN(C(=NC2C[C@@H]3C[C@H]([C@@H]2C)C3(C)C)Nc2ccc3c(=O)n([C@H](C)Cc4ccc(Cl)cc4)cnc3c2)C[C@H](C)N1. The molecular formula is C34H45ClN6O. The van der Waals surface area contributed by atoms with E-state index in [9.17, 15) is 4.79 Å². The van der Waals surface area contributed by atoms with Crippen LogP contribution in [0.4, 0.5) is 5.69 Å². The van der Waals surface area contributed by atoms with Gasteiger partial charge in [-0.1, -0.05) is 44.5 Å². The first-order valence-corrected chi connectivity index (χ1v) is 16.0. The van der Waals surface area contributed by atoms with Gasteiger partial charge in [0.1, 0.15) is 0 Å². The molecule has 2 heterocycles. The third-order valence-electron chi connectivity index (χ3n) is 10.4. The van der Waals surface area contributed by atoms with Gasteiger partial charge in [0.2, 0.25) is 0 Å². The maximum Gasteiger partial charge on any atom is 0.261 e. The lowest BCUT2D eigenvalue weighted by molar-refractivity contribution is -0.108. The Balaban J connectivity index is 1.26. The third kappa shape index (κ3) is 5.58. The number of benzene rings is 2. The van der Waals surface area contributed by atoms with Crippen molar-refractivity contribution < 1.29 is 0 Å². The second kappa shape index (κ2) is 11.3. The van der Waals surface area contributed by atoms with E-state index < -0.39 is 0 Å². The van der Waals surface area contributed by atoms with Crippen LogP contribution in [0, 0.1) is 23.2 Å². The number of rotatable bonds is 5. The fourth-order valence-electron chi connectivity index (χ4n) is 7.86. The molecule has 1 unspecified atom stereocenters. The van der Waals surface area contributed by atoms with Crippen molar-refractivity contribution in [3.63, 3.8) is 0 Å². The van der Waals surface area contributed by atoms with E-state index in [4.69, 9.17) is 21.6 Å². The number of nitrogens with zero attached hydrogens (tertiary/aromatic N) is 4. The Morgan fingerprint density at radius 1 is 1.12 bits per heavy atom. The molecular weight excluding hydrogens is 544 g/mol. The molecule has 2 N–H and O–H groups in total. The molecule has 7 nitrogen and oxygen atoms in total. The van der Waals surface area contributed by atoms with Gasteiger partial charge in [-0.15, -0.1) is 0 Å². The summed E-state index contributed by atoms with van der Waals surface area (Å²) in [4.78, 5) is 26.1. The zero-order valence-electron chi connectivity index (χ0n) is 25.8. The summed E-state index contributed by atoms with van der Waals surface area (Å²) < 4.78 is 1.73. The Hall–Kier alpha value is -2.90. The second-order valence-corrected chi connectivity index (χ2v) is 14.3. The average molecular weight is 589 g/mol. The maximum absolute atomic E-state index is 13.5. The van der Waals surface area contributed by atoms with Crippen LogP contribution in [0.5, 0.6) is 0 Å². The van der Waals surface area contributed by atoms with Gasteiger partial charge in [-0.2, -0.15) is 0 Å². The zero-order valence-corrected chi connectivity index (χ0v) is 26.5. The predicted molar refractivity (Wildman–Crippen MR) is 174 cm³/mol. The Morgan fingerprint density at radius 2 is 1.83 bits per heavy atom. The van der Waals surface area contributed by atoms with Crippen LogP contribution in [0.3, 0.4) is 0 Å². The van der Waals surface area contributed by atoms with E-state index in [2.05, 4.69) is 57.1 Å². The van der Waals surface area contributed by atoms with Gasteiger partial charge in [-0.05, 0) is 99.1 Å². The largest absolute Gasteiger partial charge is 0.340 e. The summed E-state index contributed by atoms with van der Waals surface area (Å²) >= 11 is 6.05. The van der Waals surface area contributed by atoms with E-state index in [1.54, 1.807) is 10.9 Å². The summed E-state index contributed by atoms with van der Waals surface area (Å²) in [7, 11) is 0. The number of aromatic nitrogens is 2. The normalized spacial score (nSPS) is 29.7. The number of hydrogen-bond acceptors (Lipinski definition) is 4. The van der Waals surface area contributed by atoms with Crippen LogP contribution >= 0.6 is 11.6 Å². The summed E-state index contributed by atoms with van der Waals surface area (Å²) in [6.07, 6.45) is 4.90. The lowest BCUT2D eigenvalue weighted by atomic mass is 9.45. The molecule has 1 aromatic heterocycles. The standard InChI is InChI=1S/C34H45ClN6O/c1-20-17-40(18-21(2)37-20)33(39-30-15-25-14-29(23(30)4)34(25,5)6)38-27-11-12-28-31(16-27)36-19-41(32(28)42)22(3)13-24-7-9-26(35)10-8-24/h7-12,16,19-23,25,29-30,37H,13-15,17-18H2,1-6H3,(H,38,39)/t20-,21+,22-,23+,25+,29-,30?/m1/s1. The molecule has 3 saturated carbocycles. The van der Waals surface area contributed by atoms with Crippen LogP contribution < -0.4 is 16.2 Å². The van der Waals surface area contributed by atoms with Gasteiger partial charge in [0, 0.05) is 41.9 Å². The molecule has 0 radical (unpaired) electrons. The summed E-state index contributed by atoms with van der Waals surface area (Å²) in [6.45, 7) is 15.6. The minimum Gasteiger partial charge on any atom is -0.340 e. The lowest BCUT2D eigenvalue weighted by Gasteiger charge is -2.61. The minimum absolute atomic E-state index is 0.0236. The minimum atomic E-state index is -0.0301. The summed E-state index contributed by atoms with van der Waals surface area (Å²) in [6, 6.07) is 14.7. The van der Waals surface area contributed by atoms with Crippen LogP contribution in [0.15, 0.2) is 58.6 Å². The summed E-state index contributed by atoms with van der Waals surface area (Å²) in [5.74, 6) is 2.99. The highest BCUT2D eigenvalue weighted by molar-refractivity contribution is 6.30. The highest BCUT2D eigenvalue weighted by Gasteiger charge is 2.56. The molecule has 1 saturated heterocycles. The van der Waals surface area contributed by atoms with Crippen LogP contribution in [0.1, 0.15) is 66.0 Å². The first kappa shape index (κ1) is 29.2. The molecule has 224 valence electrons. The monoisotopic (exact) mass is 588 g/mol. The van der Waals surface area contributed by atoms with Gasteiger partial charge in [0.15, 0.2) is 5.96 Å². The van der Waals surface area contributed by atoms with Crippen molar-refractivity contribution in [2.75, 3.05) is 18.4 Å². The number of anilines is 1. The highest BCUT2D eigenvalue weighted by Crippen LogP contribution is 2.61. The summed E-state index contributed by atoms with van der Waals surface area (Å²) in [5.41, 5.74) is 3.14. The molecule has 3 aromatic rings. The molecule has 7 atom stereocenters. The quantitative estimate of drug-likeness (QED) is 0.267. The highest BCUT2D eigenvalue weighted by atomic mass is 35.5. The van der Waals surface area contributed by atoms with Crippen molar-refractivity contribution in [2.45, 2.75) is 85.0 Å². The van der Waals surface area contributed by atoms with Gasteiger partial charge >= 0.3 is 0 Å². The van der Waals surface area contributed by atoms with E-state index >= 15 is 0 Å². The van der Waals surface area contributed by atoms with Crippen molar-refractivity contribution in [3.8, 4) is 0 Å². The first-order chi connectivity index (χ1) is 20.0. The topological polar surface area (TPSA) is 74.5 Å². The molecule has 3 aliphatic carbocycles. The van der Waals surface area contributed by atoms with Gasteiger partial charge in [-0.3, -0.25) is 9.36 Å². The Labute approximate surface area is 254 Å². The number of piperazine rings is 1. The maximum atomic E-state index is 13.5. The van der Waals surface area contributed by atoms with Crippen molar-refractivity contribution >= 4 is 34.2 Å². The van der Waals surface area contributed by atoms with E-state index in [1.807, 2.05) is 42.5 Å². The van der Waals surface area contributed by atoms with Crippen molar-refractivity contribution in [3.05, 3.63) is 69.7 Å². The Morgan fingerprint density at radius 3 is 2.50 bits per heavy atom. The average Bonchev–Trinajstić information content (AvgIpc) is 2.94. The predicted octanol–water partition coefficient (Wildman–Crippen LogP) is 6.37. The smallest absolute Gasteiger partial charge is 0.261 e. The van der Waals surface area contributed by atoms with E-state index in [0.717, 1.165) is 55.0 Å². The first-order valence-electron chi connectivity index (χ1n) is 15.6. The third-order valence-corrected chi connectivity index (χ3v) is 10.7. The van der Waals surface area contributed by atoms with Crippen molar-refractivity contribution in [1.29, 1.82) is 0 Å². The molecule has 2 bridgehead atoms. The molecule has 7 rings (SSSR count). The number of fused-ring (bicyclic) bond motifs is 3. The van der Waals surface area contributed by atoms with E-state index in [1.165, 1.54) is 6.42 Å². The number of guanidine groups is 1. The number of halogens is 1. The number of aliphatic imine (C=N–C) groups is 1. The molecule has 0 amide bonds. The number of hydrogen-bond donors (Lipinski definition) is 2. The van der Waals surface area contributed by atoms with E-state index in [-0.39, 0.29) is 11.6 Å². The van der Waals surface area contributed by atoms with Gasteiger partial charge in [-0.25, -0.2) is 9.98 Å². The summed E-state index contributed by atoms with van der Waals surface area (Å²) in [5, 5.41) is 8.67. The molecule has 1 aliphatic heterocycles. The molecule has 0 spiro atoms.